The van der Waals surface area contributed by atoms with Gasteiger partial charge in [0.15, 0.2) is 5.84 Å². The molecule has 0 aliphatic carbocycles. The standard InChI is InChI=1S/C19H15ClN2O3S/c20-17-10-11-22-12-13-26(23,24)21-19(22)18(17)14-6-8-16(9-7-14)25-15-4-2-1-3-5-15/h1-11H,12-13H2. The van der Waals surface area contributed by atoms with Crippen molar-refractivity contribution in [2.45, 2.75) is 0 Å². The monoisotopic (exact) mass is 386 g/mol. The van der Waals surface area contributed by atoms with Crippen molar-refractivity contribution in [1.29, 1.82) is 0 Å². The van der Waals surface area contributed by atoms with Crippen LogP contribution in [0.2, 0.25) is 0 Å². The predicted molar refractivity (Wildman–Crippen MR) is 103 cm³/mol. The van der Waals surface area contributed by atoms with Crippen LogP contribution in [0.1, 0.15) is 5.56 Å². The Hall–Kier alpha value is -2.57. The van der Waals surface area contributed by atoms with Gasteiger partial charge in [-0.25, -0.2) is 8.42 Å². The minimum atomic E-state index is -3.47. The Morgan fingerprint density at radius 2 is 1.69 bits per heavy atom. The first-order valence-electron chi connectivity index (χ1n) is 8.03. The molecular formula is C19H15ClN2O3S. The van der Waals surface area contributed by atoms with Crippen LogP contribution in [-0.4, -0.2) is 31.5 Å². The summed E-state index contributed by atoms with van der Waals surface area (Å²) in [4.78, 5) is 1.80. The molecule has 0 saturated carbocycles. The second kappa shape index (κ2) is 6.63. The number of halogens is 1. The third-order valence-electron chi connectivity index (χ3n) is 4.07. The molecule has 2 aliphatic rings. The highest BCUT2D eigenvalue weighted by Crippen LogP contribution is 2.32. The molecule has 2 aliphatic heterocycles. The van der Waals surface area contributed by atoms with Crippen molar-refractivity contribution in [3.63, 3.8) is 0 Å². The highest BCUT2D eigenvalue weighted by atomic mass is 35.5. The molecule has 0 unspecified atom stereocenters. The Labute approximate surface area is 156 Å². The van der Waals surface area contributed by atoms with Crippen molar-refractivity contribution in [3.8, 4) is 11.5 Å². The van der Waals surface area contributed by atoms with Crippen LogP contribution in [0.4, 0.5) is 0 Å². The molecule has 0 atom stereocenters. The van der Waals surface area contributed by atoms with Crippen LogP contribution in [0.3, 0.4) is 0 Å². The summed E-state index contributed by atoms with van der Waals surface area (Å²) in [5, 5.41) is 0.453. The van der Waals surface area contributed by atoms with Gasteiger partial charge in [-0.2, -0.15) is 0 Å². The lowest BCUT2D eigenvalue weighted by Crippen LogP contribution is -2.38. The van der Waals surface area contributed by atoms with Gasteiger partial charge in [0.2, 0.25) is 0 Å². The summed E-state index contributed by atoms with van der Waals surface area (Å²) in [7, 11) is -3.47. The predicted octanol–water partition coefficient (Wildman–Crippen LogP) is 4.00. The maximum absolute atomic E-state index is 11.9. The quantitative estimate of drug-likeness (QED) is 0.800. The van der Waals surface area contributed by atoms with Crippen molar-refractivity contribution in [1.82, 2.24) is 4.90 Å². The molecule has 5 nitrogen and oxygen atoms in total. The van der Waals surface area contributed by atoms with Crippen molar-refractivity contribution in [3.05, 3.63) is 77.5 Å². The number of allylic oxidation sites excluding steroid dienone is 2. The van der Waals surface area contributed by atoms with Crippen molar-refractivity contribution in [2.75, 3.05) is 12.3 Å². The van der Waals surface area contributed by atoms with Gasteiger partial charge in [-0.05, 0) is 35.9 Å². The van der Waals surface area contributed by atoms with E-state index in [0.29, 0.717) is 28.7 Å². The van der Waals surface area contributed by atoms with E-state index in [1.807, 2.05) is 54.6 Å². The number of para-hydroxylation sites is 1. The third-order valence-corrected chi connectivity index (χ3v) is 5.54. The van der Waals surface area contributed by atoms with E-state index < -0.39 is 10.0 Å². The molecule has 7 heteroatoms. The van der Waals surface area contributed by atoms with Gasteiger partial charge < -0.3 is 9.64 Å². The van der Waals surface area contributed by atoms with Gasteiger partial charge in [-0.1, -0.05) is 41.9 Å². The van der Waals surface area contributed by atoms with E-state index in [1.165, 1.54) is 0 Å². The molecule has 2 aromatic carbocycles. The number of nitrogens with zero attached hydrogens (tertiary/aromatic N) is 2. The average Bonchev–Trinajstić information content (AvgIpc) is 2.63. The zero-order chi connectivity index (χ0) is 18.1. The summed E-state index contributed by atoms with van der Waals surface area (Å²) >= 11 is 6.36. The molecule has 0 radical (unpaired) electrons. The van der Waals surface area contributed by atoms with E-state index in [9.17, 15) is 8.42 Å². The molecule has 2 aromatic rings. The summed E-state index contributed by atoms with van der Waals surface area (Å²) in [5.74, 6) is 1.78. The van der Waals surface area contributed by atoms with E-state index in [2.05, 4.69) is 4.40 Å². The highest BCUT2D eigenvalue weighted by molar-refractivity contribution is 7.90. The first-order chi connectivity index (χ1) is 12.5. The molecule has 0 bridgehead atoms. The first kappa shape index (κ1) is 16.9. The van der Waals surface area contributed by atoms with Crippen LogP contribution in [0.5, 0.6) is 11.5 Å². The Morgan fingerprint density at radius 1 is 1.00 bits per heavy atom. The van der Waals surface area contributed by atoms with Crippen molar-refractivity contribution < 1.29 is 13.2 Å². The zero-order valence-corrected chi connectivity index (χ0v) is 15.2. The lowest BCUT2D eigenvalue weighted by molar-refractivity contribution is 0.482. The van der Waals surface area contributed by atoms with Crippen LogP contribution in [0.25, 0.3) is 5.57 Å². The van der Waals surface area contributed by atoms with Gasteiger partial charge in [0.05, 0.1) is 10.8 Å². The first-order valence-corrected chi connectivity index (χ1v) is 10.0. The fourth-order valence-corrected chi connectivity index (χ4v) is 4.04. The maximum Gasteiger partial charge on any atom is 0.256 e. The van der Waals surface area contributed by atoms with Crippen LogP contribution >= 0.6 is 11.6 Å². The SMILES string of the molecule is O=S1(=O)CCN2C=CC(Cl)=C(c3ccc(Oc4ccccc4)cc3)C2=N1. The number of hydrogen-bond acceptors (Lipinski definition) is 4. The van der Waals surface area contributed by atoms with Gasteiger partial charge in [0.25, 0.3) is 10.0 Å². The van der Waals surface area contributed by atoms with Crippen LogP contribution in [-0.2, 0) is 10.0 Å². The summed E-state index contributed by atoms with van der Waals surface area (Å²) in [6.45, 7) is 0.362. The molecule has 132 valence electrons. The van der Waals surface area contributed by atoms with Crippen molar-refractivity contribution in [2.24, 2.45) is 4.40 Å². The Kier molecular flexibility index (Phi) is 4.30. The van der Waals surface area contributed by atoms with Crippen LogP contribution in [0.15, 0.2) is 76.3 Å². The normalized spacial score (nSPS) is 18.3. The molecule has 4 rings (SSSR count). The molecular weight excluding hydrogens is 372 g/mol. The Morgan fingerprint density at radius 3 is 2.42 bits per heavy atom. The van der Waals surface area contributed by atoms with E-state index in [4.69, 9.17) is 16.3 Å². The zero-order valence-electron chi connectivity index (χ0n) is 13.7. The molecule has 0 amide bonds. The van der Waals surface area contributed by atoms with Gasteiger partial charge in [-0.15, -0.1) is 4.40 Å². The summed E-state index contributed by atoms with van der Waals surface area (Å²) in [5.41, 5.74) is 1.38. The molecule has 0 aromatic heterocycles. The number of amidine groups is 1. The molecule has 0 fully saturated rings. The third kappa shape index (κ3) is 3.38. The number of fused-ring (bicyclic) bond motifs is 1. The summed E-state index contributed by atoms with van der Waals surface area (Å²) < 4.78 is 33.6. The van der Waals surface area contributed by atoms with E-state index in [1.54, 1.807) is 17.2 Å². The Balaban J connectivity index is 1.68. The maximum atomic E-state index is 11.9. The number of benzene rings is 2. The molecule has 0 N–H and O–H groups in total. The number of ether oxygens (including phenoxy) is 1. The molecule has 26 heavy (non-hydrogen) atoms. The fraction of sp³-hybridized carbons (Fsp3) is 0.105. The van der Waals surface area contributed by atoms with Crippen LogP contribution < -0.4 is 4.74 Å². The fourth-order valence-electron chi connectivity index (χ4n) is 2.81. The minimum absolute atomic E-state index is 0.00437. The topological polar surface area (TPSA) is 59.0 Å². The van der Waals surface area contributed by atoms with Crippen LogP contribution in [0, 0.1) is 0 Å². The van der Waals surface area contributed by atoms with Gasteiger partial charge >= 0.3 is 0 Å². The van der Waals surface area contributed by atoms with E-state index in [-0.39, 0.29) is 5.75 Å². The van der Waals surface area contributed by atoms with Crippen molar-refractivity contribution >= 4 is 33.0 Å². The lowest BCUT2D eigenvalue weighted by Gasteiger charge is -2.30. The molecule has 0 saturated heterocycles. The van der Waals surface area contributed by atoms with E-state index >= 15 is 0 Å². The lowest BCUT2D eigenvalue weighted by atomic mass is 10.0. The molecule has 2 heterocycles. The highest BCUT2D eigenvalue weighted by Gasteiger charge is 2.29. The smallest absolute Gasteiger partial charge is 0.256 e. The largest absolute Gasteiger partial charge is 0.457 e. The number of rotatable bonds is 3. The number of hydrogen-bond donors (Lipinski definition) is 0. The Bertz CT molecular complexity index is 1030. The minimum Gasteiger partial charge on any atom is -0.457 e. The van der Waals surface area contributed by atoms with Gasteiger partial charge in [0, 0.05) is 18.3 Å². The molecule has 0 spiro atoms. The number of sulfonamides is 1. The van der Waals surface area contributed by atoms with Gasteiger partial charge in [0.1, 0.15) is 11.5 Å². The van der Waals surface area contributed by atoms with Gasteiger partial charge in [-0.3, -0.25) is 0 Å². The summed E-state index contributed by atoms with van der Waals surface area (Å²) in [6.07, 6.45) is 3.51. The summed E-state index contributed by atoms with van der Waals surface area (Å²) in [6, 6.07) is 16.8. The second-order valence-corrected chi connectivity index (χ2v) is 8.03. The second-order valence-electron chi connectivity index (χ2n) is 5.87. The average molecular weight is 387 g/mol. The van der Waals surface area contributed by atoms with E-state index in [0.717, 1.165) is 11.3 Å².